The summed E-state index contributed by atoms with van der Waals surface area (Å²) < 4.78 is 5.86. The van der Waals surface area contributed by atoms with E-state index >= 15 is 0 Å². The monoisotopic (exact) mass is 654 g/mol. The van der Waals surface area contributed by atoms with E-state index in [0.29, 0.717) is 17.2 Å². The molecular weight excluding hydrogens is 612 g/mol. The van der Waals surface area contributed by atoms with Crippen LogP contribution in [-0.4, -0.2) is 68.7 Å². The Balaban J connectivity index is 0.00000136. The molecule has 3 heterocycles. The predicted molar refractivity (Wildman–Crippen MR) is 171 cm³/mol. The van der Waals surface area contributed by atoms with Crippen molar-refractivity contribution in [2.45, 2.75) is 73.0 Å². The van der Waals surface area contributed by atoms with Crippen molar-refractivity contribution in [2.24, 2.45) is 11.8 Å². The molecule has 13 nitrogen and oxygen atoms in total. The van der Waals surface area contributed by atoms with Crippen LogP contribution < -0.4 is 16.0 Å². The second kappa shape index (κ2) is 16.1. The average molecular weight is 655 g/mol. The molecule has 3 aromatic rings. The molecule has 4 bridgehead atoms. The highest BCUT2D eigenvalue weighted by atomic mass is 32.1. The Kier molecular flexibility index (Phi) is 12.6. The van der Waals surface area contributed by atoms with E-state index < -0.39 is 41.8 Å². The minimum atomic E-state index is -0.833. The van der Waals surface area contributed by atoms with Crippen molar-refractivity contribution in [1.29, 1.82) is 0 Å². The lowest BCUT2D eigenvalue weighted by Crippen LogP contribution is -2.51. The standard InChI is InChI=1S/C30H38N6O5S.C2H4O2/c1-16(2)24-28-35-25(19(6)41-28)27(39)31-18(5)29-33-22(15-42-29)26(38)32-21(12-20-10-8-7-9-11-20)13-36(14-23(37)34-24)30(40)17(3)4;1-2(3)4/h7-11,15-18,21,24H,12-14H2,1-6H3,(H,31,39)(H,32,38)(H,34,37);1H3,(H,3,4)/t18-,21-,24+;/m1./s1. The average Bonchev–Trinajstić information content (AvgIpc) is 3.62. The van der Waals surface area contributed by atoms with Gasteiger partial charge in [0.1, 0.15) is 22.5 Å². The molecule has 0 aliphatic carbocycles. The van der Waals surface area contributed by atoms with Crippen molar-refractivity contribution in [2.75, 3.05) is 13.1 Å². The lowest BCUT2D eigenvalue weighted by Gasteiger charge is -2.30. The maximum atomic E-state index is 13.4. The van der Waals surface area contributed by atoms with Gasteiger partial charge in [0.25, 0.3) is 17.8 Å². The molecule has 248 valence electrons. The van der Waals surface area contributed by atoms with Gasteiger partial charge in [-0.3, -0.25) is 24.0 Å². The van der Waals surface area contributed by atoms with E-state index in [0.717, 1.165) is 12.5 Å². The van der Waals surface area contributed by atoms with Crippen LogP contribution in [0.4, 0.5) is 0 Å². The lowest BCUT2D eigenvalue weighted by atomic mass is 10.0. The fourth-order valence-corrected chi connectivity index (χ4v) is 5.57. The van der Waals surface area contributed by atoms with Crippen LogP contribution in [0.2, 0.25) is 0 Å². The Morgan fingerprint density at radius 3 is 2.30 bits per heavy atom. The van der Waals surface area contributed by atoms with Crippen molar-refractivity contribution < 1.29 is 33.5 Å². The zero-order chi connectivity index (χ0) is 34.1. The molecule has 0 spiro atoms. The van der Waals surface area contributed by atoms with Gasteiger partial charge in [-0.2, -0.15) is 0 Å². The number of oxazole rings is 1. The third-order valence-electron chi connectivity index (χ3n) is 6.99. The quantitative estimate of drug-likeness (QED) is 0.326. The molecule has 0 radical (unpaired) electrons. The highest BCUT2D eigenvalue weighted by Crippen LogP contribution is 2.25. The van der Waals surface area contributed by atoms with E-state index in [1.807, 2.05) is 44.2 Å². The number of carbonyl (C=O) groups excluding carboxylic acids is 4. The number of nitrogens with zero attached hydrogens (tertiary/aromatic N) is 3. The highest BCUT2D eigenvalue weighted by molar-refractivity contribution is 7.09. The summed E-state index contributed by atoms with van der Waals surface area (Å²) in [7, 11) is 0. The number of aliphatic carboxylic acids is 1. The van der Waals surface area contributed by atoms with Crippen molar-refractivity contribution in [1.82, 2.24) is 30.8 Å². The number of rotatable bonds is 4. The first-order valence-electron chi connectivity index (χ1n) is 15.0. The molecule has 0 saturated heterocycles. The minimum absolute atomic E-state index is 0.104. The van der Waals surface area contributed by atoms with E-state index in [9.17, 15) is 19.2 Å². The van der Waals surface area contributed by atoms with Crippen molar-refractivity contribution in [3.63, 3.8) is 0 Å². The number of carboxylic acid groups (broad SMARTS) is 1. The van der Waals surface area contributed by atoms with E-state index in [-0.39, 0.29) is 48.1 Å². The van der Waals surface area contributed by atoms with Crippen LogP contribution in [0.1, 0.15) is 96.8 Å². The third kappa shape index (κ3) is 9.96. The van der Waals surface area contributed by atoms with Gasteiger partial charge in [-0.15, -0.1) is 11.3 Å². The molecule has 2 aromatic heterocycles. The van der Waals surface area contributed by atoms with Crippen molar-refractivity contribution in [3.05, 3.63) is 69.3 Å². The molecule has 1 aliphatic heterocycles. The van der Waals surface area contributed by atoms with E-state index in [1.165, 1.54) is 16.2 Å². The number of amides is 4. The molecule has 4 rings (SSSR count). The van der Waals surface area contributed by atoms with Gasteiger partial charge in [-0.25, -0.2) is 9.97 Å². The van der Waals surface area contributed by atoms with Gasteiger partial charge in [-0.05, 0) is 31.7 Å². The molecular formula is C32H42N6O7S. The zero-order valence-corrected chi connectivity index (χ0v) is 27.9. The molecule has 46 heavy (non-hydrogen) atoms. The summed E-state index contributed by atoms with van der Waals surface area (Å²) in [4.78, 5) is 72.6. The number of fused-ring (bicyclic) bond motifs is 4. The van der Waals surface area contributed by atoms with Crippen LogP contribution in [0, 0.1) is 18.8 Å². The van der Waals surface area contributed by atoms with Gasteiger partial charge in [-0.1, -0.05) is 58.0 Å². The van der Waals surface area contributed by atoms with Crippen LogP contribution in [0.15, 0.2) is 40.1 Å². The number of aromatic nitrogens is 2. The summed E-state index contributed by atoms with van der Waals surface area (Å²) in [5, 5.41) is 18.5. The summed E-state index contributed by atoms with van der Waals surface area (Å²) in [6.45, 7) is 11.7. The normalized spacial score (nSPS) is 19.3. The van der Waals surface area contributed by atoms with Gasteiger partial charge >= 0.3 is 0 Å². The van der Waals surface area contributed by atoms with E-state index in [4.69, 9.17) is 14.3 Å². The summed E-state index contributed by atoms with van der Waals surface area (Å²) >= 11 is 1.26. The SMILES string of the molecule is CC(=O)O.Cc1oc2nc1C(=O)N[C@H](C)c1nc(cs1)C(=O)N[C@H](Cc1ccccc1)CN(C(=O)C(C)C)CC(=O)N[C@H]2C(C)C. The molecule has 0 fully saturated rings. The predicted octanol–water partition coefficient (Wildman–Crippen LogP) is 3.67. The number of benzene rings is 1. The maximum absolute atomic E-state index is 13.4. The van der Waals surface area contributed by atoms with Crippen molar-refractivity contribution >= 4 is 40.9 Å². The Labute approximate surface area is 272 Å². The second-order valence-corrected chi connectivity index (χ2v) is 12.7. The molecule has 0 unspecified atom stereocenters. The number of thiazole rings is 1. The van der Waals surface area contributed by atoms with Crippen LogP contribution >= 0.6 is 11.3 Å². The van der Waals surface area contributed by atoms with Crippen LogP contribution in [0.5, 0.6) is 0 Å². The first-order chi connectivity index (χ1) is 21.7. The number of aryl methyl sites for hydroxylation is 1. The number of nitrogens with one attached hydrogen (secondary N) is 3. The van der Waals surface area contributed by atoms with Crippen LogP contribution in [-0.2, 0) is 20.8 Å². The van der Waals surface area contributed by atoms with Gasteiger partial charge in [0.15, 0.2) is 5.69 Å². The van der Waals surface area contributed by atoms with Crippen LogP contribution in [0.3, 0.4) is 0 Å². The molecule has 3 atom stereocenters. The number of hydrogen-bond acceptors (Lipinski definition) is 9. The second-order valence-electron chi connectivity index (χ2n) is 11.8. The molecule has 1 aromatic carbocycles. The Morgan fingerprint density at radius 1 is 1.04 bits per heavy atom. The lowest BCUT2D eigenvalue weighted by molar-refractivity contribution is -0.139. The number of carboxylic acids is 1. The zero-order valence-electron chi connectivity index (χ0n) is 27.1. The topological polar surface area (TPSA) is 184 Å². The van der Waals surface area contributed by atoms with E-state index in [2.05, 4.69) is 25.9 Å². The van der Waals surface area contributed by atoms with Crippen molar-refractivity contribution in [3.8, 4) is 0 Å². The van der Waals surface area contributed by atoms with E-state index in [1.54, 1.807) is 33.1 Å². The first-order valence-corrected chi connectivity index (χ1v) is 15.9. The smallest absolute Gasteiger partial charge is 0.300 e. The maximum Gasteiger partial charge on any atom is 0.300 e. The summed E-state index contributed by atoms with van der Waals surface area (Å²) in [5.74, 6) is -2.30. The molecule has 1 aliphatic rings. The molecule has 14 heteroatoms. The molecule has 4 amide bonds. The molecule has 4 N–H and O–H groups in total. The van der Waals surface area contributed by atoms with Gasteiger partial charge in [0.2, 0.25) is 17.7 Å². The number of carbonyl (C=O) groups is 5. The summed E-state index contributed by atoms with van der Waals surface area (Å²) in [6.07, 6.45) is 0.437. The van der Waals surface area contributed by atoms with Gasteiger partial charge < -0.3 is 30.4 Å². The largest absolute Gasteiger partial charge is 0.481 e. The minimum Gasteiger partial charge on any atom is -0.481 e. The number of hydrogen-bond donors (Lipinski definition) is 4. The Hall–Kier alpha value is -4.59. The summed E-state index contributed by atoms with van der Waals surface area (Å²) in [6, 6.07) is 7.99. The van der Waals surface area contributed by atoms with Gasteiger partial charge in [0.05, 0.1) is 18.6 Å². The molecule has 0 saturated carbocycles. The highest BCUT2D eigenvalue weighted by Gasteiger charge is 2.31. The summed E-state index contributed by atoms with van der Waals surface area (Å²) in [5.41, 5.74) is 1.28. The van der Waals surface area contributed by atoms with Crippen LogP contribution in [0.25, 0.3) is 0 Å². The first kappa shape index (κ1) is 35.9. The fraction of sp³-hybridized carbons (Fsp3) is 0.469. The fourth-order valence-electron chi connectivity index (χ4n) is 4.77. The Bertz CT molecular complexity index is 1530. The Morgan fingerprint density at radius 2 is 1.70 bits per heavy atom. The third-order valence-corrected chi connectivity index (χ3v) is 8.02. The van der Waals surface area contributed by atoms with Gasteiger partial charge in [0, 0.05) is 24.8 Å².